The standard InChI is InChI=1S/C15H18N2O/c1-15(16,11-13-5-3-4-10-17-13)12-6-8-14(18-2)9-7-12/h3-10H,11,16H2,1-2H3. The molecule has 94 valence electrons. The summed E-state index contributed by atoms with van der Waals surface area (Å²) >= 11 is 0. The molecule has 1 aromatic carbocycles. The lowest BCUT2D eigenvalue weighted by atomic mass is 9.88. The third-order valence-electron chi connectivity index (χ3n) is 3.02. The summed E-state index contributed by atoms with van der Waals surface area (Å²) in [7, 11) is 1.66. The van der Waals surface area contributed by atoms with Gasteiger partial charge in [0.25, 0.3) is 0 Å². The van der Waals surface area contributed by atoms with Gasteiger partial charge >= 0.3 is 0 Å². The number of nitrogens with two attached hydrogens (primary N) is 1. The summed E-state index contributed by atoms with van der Waals surface area (Å²) < 4.78 is 5.15. The Morgan fingerprint density at radius 2 is 1.89 bits per heavy atom. The maximum absolute atomic E-state index is 6.38. The summed E-state index contributed by atoms with van der Waals surface area (Å²) in [5.74, 6) is 0.840. The lowest BCUT2D eigenvalue weighted by Gasteiger charge is -2.25. The first-order chi connectivity index (χ1) is 8.62. The van der Waals surface area contributed by atoms with Gasteiger partial charge in [0.1, 0.15) is 5.75 Å². The molecule has 2 N–H and O–H groups in total. The molecule has 0 saturated carbocycles. The van der Waals surface area contributed by atoms with Gasteiger partial charge in [-0.1, -0.05) is 18.2 Å². The van der Waals surface area contributed by atoms with E-state index in [1.165, 1.54) is 0 Å². The van der Waals surface area contributed by atoms with Crippen LogP contribution in [0.2, 0.25) is 0 Å². The quantitative estimate of drug-likeness (QED) is 0.896. The second-order valence-electron chi connectivity index (χ2n) is 4.64. The zero-order valence-electron chi connectivity index (χ0n) is 10.8. The first-order valence-electron chi connectivity index (χ1n) is 5.95. The smallest absolute Gasteiger partial charge is 0.118 e. The topological polar surface area (TPSA) is 48.1 Å². The maximum atomic E-state index is 6.38. The van der Waals surface area contributed by atoms with E-state index in [-0.39, 0.29) is 0 Å². The van der Waals surface area contributed by atoms with Crippen LogP contribution in [-0.2, 0) is 12.0 Å². The van der Waals surface area contributed by atoms with Gasteiger partial charge < -0.3 is 10.5 Å². The van der Waals surface area contributed by atoms with E-state index in [0.717, 1.165) is 17.0 Å². The van der Waals surface area contributed by atoms with Crippen molar-refractivity contribution in [1.82, 2.24) is 4.98 Å². The molecule has 0 aliphatic heterocycles. The molecule has 1 atom stereocenters. The van der Waals surface area contributed by atoms with Crippen molar-refractivity contribution < 1.29 is 4.74 Å². The lowest BCUT2D eigenvalue weighted by Crippen LogP contribution is -2.35. The second-order valence-corrected chi connectivity index (χ2v) is 4.64. The van der Waals surface area contributed by atoms with Gasteiger partial charge in [-0.15, -0.1) is 0 Å². The Balaban J connectivity index is 2.19. The average molecular weight is 242 g/mol. The van der Waals surface area contributed by atoms with E-state index in [1.54, 1.807) is 13.3 Å². The molecule has 0 amide bonds. The van der Waals surface area contributed by atoms with Crippen LogP contribution in [0.4, 0.5) is 0 Å². The number of nitrogens with zero attached hydrogens (tertiary/aromatic N) is 1. The van der Waals surface area contributed by atoms with E-state index in [2.05, 4.69) is 4.98 Å². The Bertz CT molecular complexity index is 492. The highest BCUT2D eigenvalue weighted by atomic mass is 16.5. The fourth-order valence-corrected chi connectivity index (χ4v) is 1.95. The third kappa shape index (κ3) is 2.87. The zero-order chi connectivity index (χ0) is 13.0. The third-order valence-corrected chi connectivity index (χ3v) is 3.02. The van der Waals surface area contributed by atoms with Crippen LogP contribution in [0.3, 0.4) is 0 Å². The van der Waals surface area contributed by atoms with E-state index in [0.29, 0.717) is 6.42 Å². The number of aromatic nitrogens is 1. The highest BCUT2D eigenvalue weighted by molar-refractivity contribution is 5.32. The number of hydrogen-bond acceptors (Lipinski definition) is 3. The van der Waals surface area contributed by atoms with Crippen molar-refractivity contribution in [1.29, 1.82) is 0 Å². The fraction of sp³-hybridized carbons (Fsp3) is 0.267. The number of pyridine rings is 1. The van der Waals surface area contributed by atoms with Crippen LogP contribution >= 0.6 is 0 Å². The van der Waals surface area contributed by atoms with Crippen LogP contribution in [0.5, 0.6) is 5.75 Å². The number of benzene rings is 1. The first-order valence-corrected chi connectivity index (χ1v) is 5.95. The zero-order valence-corrected chi connectivity index (χ0v) is 10.8. The van der Waals surface area contributed by atoms with Gasteiger partial charge in [0.2, 0.25) is 0 Å². The predicted octanol–water partition coefficient (Wildman–Crippen LogP) is 2.51. The van der Waals surface area contributed by atoms with E-state index >= 15 is 0 Å². The maximum Gasteiger partial charge on any atom is 0.118 e. The van der Waals surface area contributed by atoms with Crippen molar-refractivity contribution in [3.05, 3.63) is 59.9 Å². The minimum Gasteiger partial charge on any atom is -0.497 e. The Kier molecular flexibility index (Phi) is 3.63. The molecule has 0 aliphatic rings. The lowest BCUT2D eigenvalue weighted by molar-refractivity contribution is 0.413. The predicted molar refractivity (Wildman–Crippen MR) is 72.5 cm³/mol. The van der Waals surface area contributed by atoms with Crippen molar-refractivity contribution in [2.45, 2.75) is 18.9 Å². The van der Waals surface area contributed by atoms with Crippen molar-refractivity contribution in [3.63, 3.8) is 0 Å². The highest BCUT2D eigenvalue weighted by Crippen LogP contribution is 2.24. The molecule has 18 heavy (non-hydrogen) atoms. The van der Waals surface area contributed by atoms with E-state index in [9.17, 15) is 0 Å². The van der Waals surface area contributed by atoms with Crippen molar-refractivity contribution >= 4 is 0 Å². The van der Waals surface area contributed by atoms with Gasteiger partial charge in [-0.3, -0.25) is 4.98 Å². The summed E-state index contributed by atoms with van der Waals surface area (Å²) in [6.45, 7) is 2.02. The van der Waals surface area contributed by atoms with Gasteiger partial charge in [-0.25, -0.2) is 0 Å². The van der Waals surface area contributed by atoms with E-state index in [1.807, 2.05) is 49.4 Å². The monoisotopic (exact) mass is 242 g/mol. The second kappa shape index (κ2) is 5.19. The molecule has 0 fully saturated rings. The van der Waals surface area contributed by atoms with Gasteiger partial charge in [0.05, 0.1) is 7.11 Å². The fourth-order valence-electron chi connectivity index (χ4n) is 1.95. The van der Waals surface area contributed by atoms with E-state index in [4.69, 9.17) is 10.5 Å². The largest absolute Gasteiger partial charge is 0.497 e. The summed E-state index contributed by atoms with van der Waals surface area (Å²) in [6, 6.07) is 13.7. The van der Waals surface area contributed by atoms with Crippen molar-refractivity contribution in [2.75, 3.05) is 7.11 Å². The molecule has 0 saturated heterocycles. The van der Waals surface area contributed by atoms with Crippen LogP contribution in [-0.4, -0.2) is 12.1 Å². The Morgan fingerprint density at radius 3 is 2.44 bits per heavy atom. The number of methoxy groups -OCH3 is 1. The molecule has 1 aromatic heterocycles. The average Bonchev–Trinajstić information content (AvgIpc) is 2.39. The minimum atomic E-state index is -0.430. The molecule has 0 spiro atoms. The SMILES string of the molecule is COc1ccc(C(C)(N)Cc2ccccn2)cc1. The molecular weight excluding hydrogens is 224 g/mol. The van der Waals surface area contributed by atoms with Gasteiger partial charge in [0, 0.05) is 23.9 Å². The van der Waals surface area contributed by atoms with Crippen molar-refractivity contribution in [2.24, 2.45) is 5.73 Å². The molecule has 2 rings (SSSR count). The van der Waals surface area contributed by atoms with Crippen LogP contribution < -0.4 is 10.5 Å². The molecule has 1 unspecified atom stereocenters. The normalized spacial score (nSPS) is 13.9. The molecule has 3 heteroatoms. The number of rotatable bonds is 4. The summed E-state index contributed by atoms with van der Waals surface area (Å²) in [6.07, 6.45) is 2.50. The first kappa shape index (κ1) is 12.6. The van der Waals surface area contributed by atoms with Crippen LogP contribution in [0.15, 0.2) is 48.7 Å². The molecule has 0 aliphatic carbocycles. The summed E-state index contributed by atoms with van der Waals surface area (Å²) in [4.78, 5) is 4.32. The van der Waals surface area contributed by atoms with Crippen LogP contribution in [0.25, 0.3) is 0 Å². The summed E-state index contributed by atoms with van der Waals surface area (Å²) in [5.41, 5.74) is 8.03. The Labute approximate surface area is 108 Å². The Hall–Kier alpha value is -1.87. The molecule has 3 nitrogen and oxygen atoms in total. The van der Waals surface area contributed by atoms with Gasteiger partial charge in [-0.05, 0) is 36.8 Å². The van der Waals surface area contributed by atoms with E-state index < -0.39 is 5.54 Å². The van der Waals surface area contributed by atoms with Gasteiger partial charge in [-0.2, -0.15) is 0 Å². The molecule has 2 aromatic rings. The minimum absolute atomic E-state index is 0.430. The number of ether oxygens (including phenoxy) is 1. The van der Waals surface area contributed by atoms with Crippen LogP contribution in [0.1, 0.15) is 18.2 Å². The summed E-state index contributed by atoms with van der Waals surface area (Å²) in [5, 5.41) is 0. The molecule has 0 bridgehead atoms. The molecule has 0 radical (unpaired) electrons. The van der Waals surface area contributed by atoms with Crippen molar-refractivity contribution in [3.8, 4) is 5.75 Å². The molecular formula is C15H18N2O. The Morgan fingerprint density at radius 1 is 1.17 bits per heavy atom. The highest BCUT2D eigenvalue weighted by Gasteiger charge is 2.22. The van der Waals surface area contributed by atoms with Gasteiger partial charge in [0.15, 0.2) is 0 Å². The number of hydrogen-bond donors (Lipinski definition) is 1. The van der Waals surface area contributed by atoms with Crippen LogP contribution in [0, 0.1) is 0 Å². The molecule has 1 heterocycles.